The molecule has 3 rings (SSSR count). The van der Waals surface area contributed by atoms with E-state index in [2.05, 4.69) is 51.7 Å². The van der Waals surface area contributed by atoms with Crippen molar-refractivity contribution in [2.75, 3.05) is 5.32 Å². The summed E-state index contributed by atoms with van der Waals surface area (Å²) in [6.07, 6.45) is 0. The predicted molar refractivity (Wildman–Crippen MR) is 113 cm³/mol. The van der Waals surface area contributed by atoms with Gasteiger partial charge in [0.25, 0.3) is 0 Å². The smallest absolute Gasteiger partial charge is 0.171 e. The fourth-order valence-corrected chi connectivity index (χ4v) is 3.30. The number of halogens is 2. The van der Waals surface area contributed by atoms with Gasteiger partial charge >= 0.3 is 0 Å². The van der Waals surface area contributed by atoms with Crippen LogP contribution in [0.1, 0.15) is 22.7 Å². The van der Waals surface area contributed by atoms with E-state index in [0.717, 1.165) is 11.1 Å². The van der Waals surface area contributed by atoms with E-state index in [1.54, 1.807) is 12.1 Å². The van der Waals surface area contributed by atoms with Gasteiger partial charge in [0.15, 0.2) is 5.11 Å². The lowest BCUT2D eigenvalue weighted by Gasteiger charge is -2.22. The molecule has 0 heterocycles. The molecule has 0 radical (unpaired) electrons. The van der Waals surface area contributed by atoms with Gasteiger partial charge in [-0.3, -0.25) is 0 Å². The highest BCUT2D eigenvalue weighted by Gasteiger charge is 2.16. The summed E-state index contributed by atoms with van der Waals surface area (Å²) >= 11 is 8.69. The second-order valence-corrected chi connectivity index (χ2v) is 7.30. The Morgan fingerprint density at radius 3 is 2.38 bits per heavy atom. The van der Waals surface area contributed by atoms with Crippen molar-refractivity contribution in [2.45, 2.75) is 13.0 Å². The fraction of sp³-hybridized carbons (Fsp3) is 0.0952. The van der Waals surface area contributed by atoms with Crippen LogP contribution in [0.15, 0.2) is 77.3 Å². The van der Waals surface area contributed by atoms with E-state index in [1.165, 1.54) is 11.6 Å². The first-order chi connectivity index (χ1) is 12.5. The van der Waals surface area contributed by atoms with Gasteiger partial charge in [0.2, 0.25) is 0 Å². The zero-order valence-electron chi connectivity index (χ0n) is 14.2. The maximum atomic E-state index is 14.1. The summed E-state index contributed by atoms with van der Waals surface area (Å²) in [6, 6.07) is 23.0. The second kappa shape index (κ2) is 8.43. The van der Waals surface area contributed by atoms with Crippen molar-refractivity contribution in [1.82, 2.24) is 5.32 Å². The number of nitrogens with one attached hydrogen (secondary N) is 2. The van der Waals surface area contributed by atoms with Crippen LogP contribution in [0.25, 0.3) is 0 Å². The molecule has 26 heavy (non-hydrogen) atoms. The largest absolute Gasteiger partial charge is 0.352 e. The van der Waals surface area contributed by atoms with E-state index in [9.17, 15) is 4.39 Å². The standard InChI is InChI=1S/C21H18BrFN2S/c1-14-6-5-9-16(12-14)20(15-7-3-2-4-8-15)25-21(26)24-19-11-10-17(22)13-18(19)23/h2-13,20H,1H3,(H2,24,25,26). The van der Waals surface area contributed by atoms with Gasteiger partial charge in [-0.15, -0.1) is 0 Å². The molecule has 0 aromatic heterocycles. The van der Waals surface area contributed by atoms with Crippen molar-refractivity contribution in [3.05, 3.63) is 99.8 Å². The Balaban J connectivity index is 1.85. The minimum Gasteiger partial charge on any atom is -0.352 e. The van der Waals surface area contributed by atoms with Crippen LogP contribution in [0.5, 0.6) is 0 Å². The highest BCUT2D eigenvalue weighted by atomic mass is 79.9. The lowest BCUT2D eigenvalue weighted by atomic mass is 9.97. The molecule has 3 aromatic rings. The summed E-state index contributed by atoms with van der Waals surface area (Å²) in [7, 11) is 0. The molecule has 0 bridgehead atoms. The molecule has 0 saturated heterocycles. The molecule has 1 unspecified atom stereocenters. The van der Waals surface area contributed by atoms with E-state index in [1.807, 2.05) is 36.4 Å². The molecular weight excluding hydrogens is 411 g/mol. The Bertz CT molecular complexity index is 915. The van der Waals surface area contributed by atoms with Crippen molar-refractivity contribution < 1.29 is 4.39 Å². The average Bonchev–Trinajstić information content (AvgIpc) is 2.63. The summed E-state index contributed by atoms with van der Waals surface area (Å²) in [5.41, 5.74) is 3.68. The third-order valence-corrected chi connectivity index (χ3v) is 4.68. The van der Waals surface area contributed by atoms with Gasteiger partial charge in [-0.05, 0) is 48.5 Å². The fourth-order valence-electron chi connectivity index (χ4n) is 2.73. The van der Waals surface area contributed by atoms with Crippen molar-refractivity contribution in [2.24, 2.45) is 0 Å². The number of hydrogen-bond donors (Lipinski definition) is 2. The van der Waals surface area contributed by atoms with Crippen molar-refractivity contribution in [3.8, 4) is 0 Å². The SMILES string of the molecule is Cc1cccc(C(NC(=S)Nc2ccc(Br)cc2F)c2ccccc2)c1. The maximum absolute atomic E-state index is 14.1. The number of aryl methyl sites for hydroxylation is 1. The van der Waals surface area contributed by atoms with E-state index in [0.29, 0.717) is 15.3 Å². The number of thiocarbonyl (C=S) groups is 1. The number of anilines is 1. The number of rotatable bonds is 4. The van der Waals surface area contributed by atoms with E-state index in [4.69, 9.17) is 12.2 Å². The molecule has 1 atom stereocenters. The van der Waals surface area contributed by atoms with Gasteiger partial charge in [-0.1, -0.05) is 76.1 Å². The van der Waals surface area contributed by atoms with E-state index < -0.39 is 0 Å². The van der Waals surface area contributed by atoms with Crippen LogP contribution < -0.4 is 10.6 Å². The molecule has 2 nitrogen and oxygen atoms in total. The van der Waals surface area contributed by atoms with Crippen molar-refractivity contribution >= 4 is 38.9 Å². The lowest BCUT2D eigenvalue weighted by Crippen LogP contribution is -2.33. The minimum atomic E-state index is -0.365. The monoisotopic (exact) mass is 428 g/mol. The quantitative estimate of drug-likeness (QED) is 0.500. The van der Waals surface area contributed by atoms with Crippen LogP contribution in [0.2, 0.25) is 0 Å². The number of hydrogen-bond acceptors (Lipinski definition) is 1. The third-order valence-electron chi connectivity index (χ3n) is 3.96. The van der Waals surface area contributed by atoms with Crippen LogP contribution in [0, 0.1) is 12.7 Å². The average molecular weight is 429 g/mol. The summed E-state index contributed by atoms with van der Waals surface area (Å²) in [5, 5.41) is 6.62. The minimum absolute atomic E-state index is 0.130. The van der Waals surface area contributed by atoms with Gasteiger partial charge in [-0.2, -0.15) is 0 Å². The van der Waals surface area contributed by atoms with Crippen LogP contribution in [-0.2, 0) is 0 Å². The summed E-state index contributed by atoms with van der Waals surface area (Å²) in [4.78, 5) is 0. The molecule has 132 valence electrons. The Kier molecular flexibility index (Phi) is 6.01. The van der Waals surface area contributed by atoms with Crippen LogP contribution in [0.4, 0.5) is 10.1 Å². The summed E-state index contributed by atoms with van der Waals surface area (Å²) < 4.78 is 14.7. The second-order valence-electron chi connectivity index (χ2n) is 5.98. The molecule has 0 spiro atoms. The highest BCUT2D eigenvalue weighted by Crippen LogP contribution is 2.24. The Morgan fingerprint density at radius 2 is 1.69 bits per heavy atom. The zero-order valence-corrected chi connectivity index (χ0v) is 16.6. The molecule has 0 fully saturated rings. The van der Waals surface area contributed by atoms with Gasteiger partial charge in [0, 0.05) is 4.47 Å². The molecule has 2 N–H and O–H groups in total. The van der Waals surface area contributed by atoms with E-state index >= 15 is 0 Å². The normalized spacial score (nSPS) is 11.7. The van der Waals surface area contributed by atoms with Gasteiger partial charge in [0.1, 0.15) is 5.82 Å². The van der Waals surface area contributed by atoms with Gasteiger partial charge < -0.3 is 10.6 Å². The molecule has 3 aromatic carbocycles. The topological polar surface area (TPSA) is 24.1 Å². The molecule has 5 heteroatoms. The van der Waals surface area contributed by atoms with E-state index in [-0.39, 0.29) is 11.9 Å². The van der Waals surface area contributed by atoms with Crippen LogP contribution in [-0.4, -0.2) is 5.11 Å². The first-order valence-electron chi connectivity index (χ1n) is 8.17. The summed E-state index contributed by atoms with van der Waals surface area (Å²) in [5.74, 6) is -0.365. The van der Waals surface area contributed by atoms with Crippen LogP contribution in [0.3, 0.4) is 0 Å². The van der Waals surface area contributed by atoms with Crippen molar-refractivity contribution in [1.29, 1.82) is 0 Å². The third kappa shape index (κ3) is 4.68. The maximum Gasteiger partial charge on any atom is 0.171 e. The molecule has 0 saturated carbocycles. The highest BCUT2D eigenvalue weighted by molar-refractivity contribution is 9.10. The molecular formula is C21H18BrFN2S. The van der Waals surface area contributed by atoms with Crippen LogP contribution >= 0.6 is 28.1 Å². The molecule has 0 aliphatic heterocycles. The van der Waals surface area contributed by atoms with Gasteiger partial charge in [0.05, 0.1) is 11.7 Å². The van der Waals surface area contributed by atoms with Gasteiger partial charge in [-0.25, -0.2) is 4.39 Å². The predicted octanol–water partition coefficient (Wildman–Crippen LogP) is 5.97. The molecule has 0 amide bonds. The molecule has 0 aliphatic rings. The Morgan fingerprint density at radius 1 is 0.962 bits per heavy atom. The molecule has 0 aliphatic carbocycles. The first kappa shape index (κ1) is 18.5. The Labute approximate surface area is 166 Å². The lowest BCUT2D eigenvalue weighted by molar-refractivity contribution is 0.631. The number of benzene rings is 3. The van der Waals surface area contributed by atoms with Crippen molar-refractivity contribution in [3.63, 3.8) is 0 Å². The first-order valence-corrected chi connectivity index (χ1v) is 9.37. The zero-order chi connectivity index (χ0) is 18.5. The summed E-state index contributed by atoms with van der Waals surface area (Å²) in [6.45, 7) is 2.05. The Hall–Kier alpha value is -2.24.